The minimum Gasteiger partial charge on any atom is -0.394 e. The van der Waals surface area contributed by atoms with Crippen molar-refractivity contribution in [2.45, 2.75) is 45.3 Å². The summed E-state index contributed by atoms with van der Waals surface area (Å²) in [5.74, 6) is 0.158. The van der Waals surface area contributed by atoms with Gasteiger partial charge in [-0.2, -0.15) is 0 Å². The molecule has 5 heteroatoms. The normalized spacial score (nSPS) is 18.1. The van der Waals surface area contributed by atoms with Crippen LogP contribution in [0.2, 0.25) is 0 Å². The van der Waals surface area contributed by atoms with Crippen LogP contribution < -0.4 is 5.32 Å². The summed E-state index contributed by atoms with van der Waals surface area (Å²) in [6.45, 7) is 8.51. The van der Waals surface area contributed by atoms with E-state index in [1.165, 1.54) is 0 Å². The Morgan fingerprint density at radius 1 is 1.39 bits per heavy atom. The van der Waals surface area contributed by atoms with Crippen LogP contribution in [0.25, 0.3) is 0 Å². The van der Waals surface area contributed by atoms with Crippen LogP contribution in [0.15, 0.2) is 0 Å². The molecule has 1 aliphatic rings. The summed E-state index contributed by atoms with van der Waals surface area (Å²) in [4.78, 5) is 13.8. The number of carbonyl (C=O) groups is 1. The molecule has 1 saturated heterocycles. The summed E-state index contributed by atoms with van der Waals surface area (Å²) in [6.07, 6.45) is 1.92. The Morgan fingerprint density at radius 3 is 2.50 bits per heavy atom. The second-order valence-electron chi connectivity index (χ2n) is 5.78. The van der Waals surface area contributed by atoms with Gasteiger partial charge in [0.2, 0.25) is 5.91 Å². The van der Waals surface area contributed by atoms with Crippen LogP contribution in [-0.4, -0.2) is 60.4 Å². The molecule has 0 aliphatic carbocycles. The number of hydrogen-bond acceptors (Lipinski definition) is 4. The van der Waals surface area contributed by atoms with Crippen molar-refractivity contribution in [1.29, 1.82) is 0 Å². The average Bonchev–Trinajstić information content (AvgIpc) is 2.33. The fraction of sp³-hybridized carbons (Fsp3) is 0.923. The second-order valence-corrected chi connectivity index (χ2v) is 5.78. The fourth-order valence-electron chi connectivity index (χ4n) is 1.94. The zero-order chi connectivity index (χ0) is 13.6. The Balaban J connectivity index is 2.23. The quantitative estimate of drug-likeness (QED) is 0.748. The van der Waals surface area contributed by atoms with Crippen LogP contribution in [0.3, 0.4) is 0 Å². The van der Waals surface area contributed by atoms with Crippen molar-refractivity contribution in [3.63, 3.8) is 0 Å². The molecule has 0 unspecified atom stereocenters. The first-order valence-electron chi connectivity index (χ1n) is 6.67. The molecule has 0 bridgehead atoms. The van der Waals surface area contributed by atoms with Crippen molar-refractivity contribution in [2.24, 2.45) is 0 Å². The Hall–Kier alpha value is -0.650. The van der Waals surface area contributed by atoms with Gasteiger partial charge in [-0.15, -0.1) is 0 Å². The van der Waals surface area contributed by atoms with Gasteiger partial charge in [-0.25, -0.2) is 0 Å². The predicted molar refractivity (Wildman–Crippen MR) is 70.4 cm³/mol. The summed E-state index contributed by atoms with van der Waals surface area (Å²) in [7, 11) is 0. The lowest BCUT2D eigenvalue weighted by Gasteiger charge is -2.32. The molecule has 1 heterocycles. The van der Waals surface area contributed by atoms with Crippen molar-refractivity contribution in [3.8, 4) is 0 Å². The summed E-state index contributed by atoms with van der Waals surface area (Å²) in [5.41, 5.74) is -0.0295. The van der Waals surface area contributed by atoms with Crippen molar-refractivity contribution in [2.75, 3.05) is 32.8 Å². The zero-order valence-electron chi connectivity index (χ0n) is 11.7. The SMILES string of the molecule is CC(C)(C)NCC(=O)N1CCC(OCCO)CC1. The minimum absolute atomic E-state index is 0.0295. The molecule has 0 aromatic carbocycles. The molecule has 0 atom stereocenters. The van der Waals surface area contributed by atoms with E-state index < -0.39 is 0 Å². The monoisotopic (exact) mass is 258 g/mol. The van der Waals surface area contributed by atoms with E-state index in [2.05, 4.69) is 26.1 Å². The Morgan fingerprint density at radius 2 is 2.00 bits per heavy atom. The predicted octanol–water partition coefficient (Wildman–Crippen LogP) is 0.374. The number of nitrogens with one attached hydrogen (secondary N) is 1. The van der Waals surface area contributed by atoms with Gasteiger partial charge >= 0.3 is 0 Å². The molecule has 1 aliphatic heterocycles. The van der Waals surface area contributed by atoms with Crippen molar-refractivity contribution in [3.05, 3.63) is 0 Å². The standard InChI is InChI=1S/C13H26N2O3/c1-13(2,3)14-10-12(17)15-6-4-11(5-7-15)18-9-8-16/h11,14,16H,4-10H2,1-3H3. The highest BCUT2D eigenvalue weighted by molar-refractivity contribution is 5.78. The largest absolute Gasteiger partial charge is 0.394 e. The topological polar surface area (TPSA) is 61.8 Å². The molecule has 0 aromatic rings. The Bertz CT molecular complexity index is 255. The number of carbonyl (C=O) groups excluding carboxylic acids is 1. The number of rotatable bonds is 5. The first-order valence-corrected chi connectivity index (χ1v) is 6.67. The van der Waals surface area contributed by atoms with Gasteiger partial charge < -0.3 is 20.1 Å². The maximum absolute atomic E-state index is 11.9. The summed E-state index contributed by atoms with van der Waals surface area (Å²) in [5, 5.41) is 11.9. The number of ether oxygens (including phenoxy) is 1. The molecule has 0 spiro atoms. The van der Waals surface area contributed by atoms with Crippen LogP contribution in [0.1, 0.15) is 33.6 Å². The number of aliphatic hydroxyl groups excluding tert-OH is 1. The third kappa shape index (κ3) is 5.80. The number of nitrogens with zero attached hydrogens (tertiary/aromatic N) is 1. The van der Waals surface area contributed by atoms with E-state index in [0.717, 1.165) is 25.9 Å². The highest BCUT2D eigenvalue weighted by Gasteiger charge is 2.23. The number of aliphatic hydroxyl groups is 1. The van der Waals surface area contributed by atoms with Gasteiger partial charge in [-0.05, 0) is 33.6 Å². The molecular weight excluding hydrogens is 232 g/mol. The smallest absolute Gasteiger partial charge is 0.236 e. The first kappa shape index (κ1) is 15.4. The van der Waals surface area contributed by atoms with Gasteiger partial charge in [0.05, 0.1) is 25.9 Å². The molecule has 1 amide bonds. The van der Waals surface area contributed by atoms with E-state index in [9.17, 15) is 4.79 Å². The second kappa shape index (κ2) is 7.07. The highest BCUT2D eigenvalue weighted by Crippen LogP contribution is 2.13. The number of likely N-dealkylation sites (tertiary alicyclic amines) is 1. The zero-order valence-corrected chi connectivity index (χ0v) is 11.7. The maximum atomic E-state index is 11.9. The van der Waals surface area contributed by atoms with Crippen LogP contribution in [0.4, 0.5) is 0 Å². The molecule has 18 heavy (non-hydrogen) atoms. The van der Waals surface area contributed by atoms with Gasteiger partial charge in [0, 0.05) is 18.6 Å². The molecule has 2 N–H and O–H groups in total. The van der Waals surface area contributed by atoms with E-state index in [0.29, 0.717) is 13.2 Å². The fourth-order valence-corrected chi connectivity index (χ4v) is 1.94. The van der Waals surface area contributed by atoms with Crippen LogP contribution in [0, 0.1) is 0 Å². The molecule has 1 fully saturated rings. The average molecular weight is 258 g/mol. The van der Waals surface area contributed by atoms with E-state index >= 15 is 0 Å². The van der Waals surface area contributed by atoms with Gasteiger partial charge in [0.15, 0.2) is 0 Å². The number of hydrogen-bond donors (Lipinski definition) is 2. The molecular formula is C13H26N2O3. The summed E-state index contributed by atoms with van der Waals surface area (Å²) in [6, 6.07) is 0. The van der Waals surface area contributed by atoms with E-state index in [1.807, 2.05) is 4.90 Å². The summed E-state index contributed by atoms with van der Waals surface area (Å²) >= 11 is 0. The van der Waals surface area contributed by atoms with Crippen LogP contribution in [-0.2, 0) is 9.53 Å². The van der Waals surface area contributed by atoms with E-state index in [-0.39, 0.29) is 24.2 Å². The molecule has 0 saturated carbocycles. The van der Waals surface area contributed by atoms with Crippen LogP contribution in [0.5, 0.6) is 0 Å². The third-order valence-electron chi connectivity index (χ3n) is 3.01. The lowest BCUT2D eigenvalue weighted by atomic mass is 10.1. The first-order chi connectivity index (χ1) is 8.42. The van der Waals surface area contributed by atoms with E-state index in [4.69, 9.17) is 9.84 Å². The lowest BCUT2D eigenvalue weighted by molar-refractivity contribution is -0.133. The number of amides is 1. The van der Waals surface area contributed by atoms with Gasteiger partial charge in [-0.1, -0.05) is 0 Å². The molecule has 1 rings (SSSR count). The minimum atomic E-state index is -0.0295. The van der Waals surface area contributed by atoms with Crippen molar-refractivity contribution < 1.29 is 14.6 Å². The maximum Gasteiger partial charge on any atom is 0.236 e. The number of piperidine rings is 1. The van der Waals surface area contributed by atoms with E-state index in [1.54, 1.807) is 0 Å². The van der Waals surface area contributed by atoms with Crippen molar-refractivity contribution in [1.82, 2.24) is 10.2 Å². The molecule has 0 aromatic heterocycles. The van der Waals surface area contributed by atoms with Crippen molar-refractivity contribution >= 4 is 5.91 Å². The lowest BCUT2D eigenvalue weighted by Crippen LogP contribution is -2.48. The van der Waals surface area contributed by atoms with Gasteiger partial charge in [0.1, 0.15) is 0 Å². The van der Waals surface area contributed by atoms with Crippen LogP contribution >= 0.6 is 0 Å². The van der Waals surface area contributed by atoms with Gasteiger partial charge in [-0.3, -0.25) is 4.79 Å². The van der Waals surface area contributed by atoms with Gasteiger partial charge in [0.25, 0.3) is 0 Å². The molecule has 0 radical (unpaired) electrons. The molecule has 5 nitrogen and oxygen atoms in total. The Kier molecular flexibility index (Phi) is 6.05. The highest BCUT2D eigenvalue weighted by atomic mass is 16.5. The third-order valence-corrected chi connectivity index (χ3v) is 3.01. The molecule has 106 valence electrons. The summed E-state index contributed by atoms with van der Waals surface area (Å²) < 4.78 is 5.47. The Labute approximate surface area is 109 Å².